The summed E-state index contributed by atoms with van der Waals surface area (Å²) >= 11 is 16.1. The van der Waals surface area contributed by atoms with Crippen LogP contribution in [0.15, 0.2) is 46.9 Å². The number of amides is 2. The van der Waals surface area contributed by atoms with Crippen LogP contribution in [-0.4, -0.2) is 50.0 Å². The molecule has 2 unspecified atom stereocenters. The van der Waals surface area contributed by atoms with E-state index in [2.05, 4.69) is 21.2 Å². The first-order valence-electron chi connectivity index (χ1n) is 11.1. The highest BCUT2D eigenvalue weighted by atomic mass is 79.9. The number of carbonyl (C=O) groups excluding carboxylic acids is 2. The predicted molar refractivity (Wildman–Crippen MR) is 145 cm³/mol. The number of nitrogens with zero attached hydrogens (tertiary/aromatic N) is 2. The molecule has 0 aliphatic rings. The van der Waals surface area contributed by atoms with Crippen molar-refractivity contribution in [3.05, 3.63) is 62.5 Å². The van der Waals surface area contributed by atoms with E-state index in [-0.39, 0.29) is 18.5 Å². The lowest BCUT2D eigenvalue weighted by atomic mass is 10.1. The van der Waals surface area contributed by atoms with E-state index in [1.54, 1.807) is 49.4 Å². The van der Waals surface area contributed by atoms with E-state index < -0.39 is 28.5 Å². The number of halogens is 3. The Morgan fingerprint density at radius 3 is 2.17 bits per heavy atom. The van der Waals surface area contributed by atoms with Crippen molar-refractivity contribution < 1.29 is 18.0 Å². The summed E-state index contributed by atoms with van der Waals surface area (Å²) in [4.78, 5) is 28.2. The molecule has 2 aromatic carbocycles. The second-order valence-corrected chi connectivity index (χ2v) is 11.9. The van der Waals surface area contributed by atoms with Gasteiger partial charge in [0, 0.05) is 32.7 Å². The summed E-state index contributed by atoms with van der Waals surface area (Å²) in [6.45, 7) is 5.06. The van der Waals surface area contributed by atoms with Crippen LogP contribution >= 0.6 is 39.1 Å². The van der Waals surface area contributed by atoms with Crippen LogP contribution in [0.1, 0.15) is 39.2 Å². The molecule has 0 aliphatic heterocycles. The second kappa shape index (κ2) is 12.9. The Hall–Kier alpha value is -1.81. The van der Waals surface area contributed by atoms with Crippen LogP contribution in [0.25, 0.3) is 0 Å². The fourth-order valence-corrected chi connectivity index (χ4v) is 5.20. The third kappa shape index (κ3) is 8.10. The molecular weight excluding hydrogens is 577 g/mol. The number of hydrogen-bond acceptors (Lipinski definition) is 4. The van der Waals surface area contributed by atoms with Crippen LogP contribution in [0.4, 0.5) is 5.69 Å². The minimum atomic E-state index is -3.82. The average molecular weight is 607 g/mol. The lowest BCUT2D eigenvalue weighted by Crippen LogP contribution is -2.53. The van der Waals surface area contributed by atoms with Gasteiger partial charge in [0.05, 0.1) is 11.9 Å². The molecule has 0 radical (unpaired) electrons. The van der Waals surface area contributed by atoms with Crippen LogP contribution in [0, 0.1) is 0 Å². The average Bonchev–Trinajstić information content (AvgIpc) is 2.78. The molecule has 2 amide bonds. The highest BCUT2D eigenvalue weighted by Crippen LogP contribution is 2.28. The molecule has 2 aromatic rings. The van der Waals surface area contributed by atoms with E-state index in [0.717, 1.165) is 17.0 Å². The van der Waals surface area contributed by atoms with E-state index in [9.17, 15) is 18.0 Å². The Bertz CT molecular complexity index is 1140. The van der Waals surface area contributed by atoms with Gasteiger partial charge in [-0.25, -0.2) is 8.42 Å². The molecule has 0 heterocycles. The first-order valence-corrected chi connectivity index (χ1v) is 14.5. The number of rotatable bonds is 11. The standard InChI is InChI=1S/C24H30BrCl2N3O4S/c1-5-16(3)28-24(32)22(6-2)29(14-19-20(26)11-8-12-21(19)27)23(31)15-30(35(4,33)34)18-10-7-9-17(25)13-18/h7-13,16,22H,5-6,14-15H2,1-4H3,(H,28,32). The Kier molecular flexibility index (Phi) is 10.9. The first kappa shape index (κ1) is 29.4. The molecule has 1 N–H and O–H groups in total. The molecule has 0 aliphatic carbocycles. The first-order chi connectivity index (χ1) is 16.4. The van der Waals surface area contributed by atoms with Gasteiger partial charge in [-0.15, -0.1) is 0 Å². The molecule has 0 aromatic heterocycles. The lowest BCUT2D eigenvalue weighted by Gasteiger charge is -2.33. The third-order valence-corrected chi connectivity index (χ3v) is 7.89. The maximum Gasteiger partial charge on any atom is 0.244 e. The maximum absolute atomic E-state index is 13.7. The number of carbonyl (C=O) groups is 2. The summed E-state index contributed by atoms with van der Waals surface area (Å²) in [6.07, 6.45) is 2.06. The lowest BCUT2D eigenvalue weighted by molar-refractivity contribution is -0.140. The van der Waals surface area contributed by atoms with Crippen LogP contribution in [-0.2, 0) is 26.2 Å². The molecule has 35 heavy (non-hydrogen) atoms. The third-order valence-electron chi connectivity index (χ3n) is 5.55. The van der Waals surface area contributed by atoms with Crippen LogP contribution in [0.3, 0.4) is 0 Å². The number of benzene rings is 2. The number of sulfonamides is 1. The highest BCUT2D eigenvalue weighted by molar-refractivity contribution is 9.10. The quantitative estimate of drug-likeness (QED) is 0.379. The smallest absolute Gasteiger partial charge is 0.244 e. The molecule has 0 fully saturated rings. The molecule has 0 saturated carbocycles. The summed E-state index contributed by atoms with van der Waals surface area (Å²) in [5, 5.41) is 3.61. The van der Waals surface area contributed by atoms with Crippen molar-refractivity contribution in [1.82, 2.24) is 10.2 Å². The van der Waals surface area contributed by atoms with Crippen molar-refractivity contribution in [3.8, 4) is 0 Å². The molecule has 2 atom stereocenters. The molecule has 0 bridgehead atoms. The Morgan fingerprint density at radius 2 is 1.66 bits per heavy atom. The van der Waals surface area contributed by atoms with Gasteiger partial charge in [0.25, 0.3) is 0 Å². The van der Waals surface area contributed by atoms with Gasteiger partial charge in [0.15, 0.2) is 0 Å². The van der Waals surface area contributed by atoms with Gasteiger partial charge in [-0.1, -0.05) is 65.1 Å². The zero-order valence-corrected chi connectivity index (χ0v) is 24.0. The van der Waals surface area contributed by atoms with Gasteiger partial charge in [0.1, 0.15) is 12.6 Å². The van der Waals surface area contributed by atoms with Crippen LogP contribution < -0.4 is 9.62 Å². The topological polar surface area (TPSA) is 86.8 Å². The number of anilines is 1. The summed E-state index contributed by atoms with van der Waals surface area (Å²) in [6, 6.07) is 10.7. The van der Waals surface area contributed by atoms with E-state index in [1.165, 1.54) is 4.90 Å². The molecule has 192 valence electrons. The number of nitrogens with one attached hydrogen (secondary N) is 1. The van der Waals surface area contributed by atoms with Crippen molar-refractivity contribution in [1.29, 1.82) is 0 Å². The maximum atomic E-state index is 13.7. The van der Waals surface area contributed by atoms with Gasteiger partial charge in [0.2, 0.25) is 21.8 Å². The molecule has 11 heteroatoms. The van der Waals surface area contributed by atoms with Crippen molar-refractivity contribution in [2.45, 2.75) is 52.2 Å². The summed E-state index contributed by atoms with van der Waals surface area (Å²) in [5.74, 6) is -0.885. The summed E-state index contributed by atoms with van der Waals surface area (Å²) in [5.41, 5.74) is 0.801. The zero-order chi connectivity index (χ0) is 26.3. The van der Waals surface area contributed by atoms with Gasteiger partial charge < -0.3 is 10.2 Å². The summed E-state index contributed by atoms with van der Waals surface area (Å²) in [7, 11) is -3.82. The van der Waals surface area contributed by atoms with E-state index in [4.69, 9.17) is 23.2 Å². The SMILES string of the molecule is CCC(C)NC(=O)C(CC)N(Cc1c(Cl)cccc1Cl)C(=O)CN(c1cccc(Br)c1)S(C)(=O)=O. The van der Waals surface area contributed by atoms with Gasteiger partial charge in [-0.3, -0.25) is 13.9 Å². The van der Waals surface area contributed by atoms with E-state index >= 15 is 0 Å². The normalized spacial score (nSPS) is 13.1. The van der Waals surface area contributed by atoms with Crippen molar-refractivity contribution in [2.24, 2.45) is 0 Å². The molecular formula is C24H30BrCl2N3O4S. The van der Waals surface area contributed by atoms with E-state index in [0.29, 0.717) is 32.2 Å². The van der Waals surface area contributed by atoms with Crippen molar-refractivity contribution >= 4 is 66.7 Å². The summed E-state index contributed by atoms with van der Waals surface area (Å²) < 4.78 is 27.0. The molecule has 0 spiro atoms. The minimum absolute atomic E-state index is 0.0557. The fraction of sp³-hybridized carbons (Fsp3) is 0.417. The monoisotopic (exact) mass is 605 g/mol. The van der Waals surface area contributed by atoms with Crippen molar-refractivity contribution in [2.75, 3.05) is 17.1 Å². The second-order valence-electron chi connectivity index (χ2n) is 8.21. The van der Waals surface area contributed by atoms with Crippen LogP contribution in [0.2, 0.25) is 10.0 Å². The molecule has 0 saturated heterocycles. The Balaban J connectivity index is 2.50. The molecule has 7 nitrogen and oxygen atoms in total. The minimum Gasteiger partial charge on any atom is -0.352 e. The zero-order valence-electron chi connectivity index (χ0n) is 20.1. The van der Waals surface area contributed by atoms with Crippen molar-refractivity contribution in [3.63, 3.8) is 0 Å². The largest absolute Gasteiger partial charge is 0.352 e. The highest BCUT2D eigenvalue weighted by Gasteiger charge is 2.33. The predicted octanol–water partition coefficient (Wildman–Crippen LogP) is 5.24. The van der Waals surface area contributed by atoms with Gasteiger partial charge in [-0.2, -0.15) is 0 Å². The van der Waals surface area contributed by atoms with E-state index in [1.807, 2.05) is 13.8 Å². The van der Waals surface area contributed by atoms with Crippen LogP contribution in [0.5, 0.6) is 0 Å². The van der Waals surface area contributed by atoms with Gasteiger partial charge in [-0.05, 0) is 50.1 Å². The Labute approximate surface area is 225 Å². The van der Waals surface area contributed by atoms with Gasteiger partial charge >= 0.3 is 0 Å². The Morgan fingerprint density at radius 1 is 1.06 bits per heavy atom. The fourth-order valence-electron chi connectivity index (χ4n) is 3.46. The molecule has 2 rings (SSSR count). The number of hydrogen-bond donors (Lipinski definition) is 1.